The fraction of sp³-hybridized carbons (Fsp3) is 0.200. The van der Waals surface area contributed by atoms with Crippen molar-refractivity contribution in [2.75, 3.05) is 5.32 Å². The first kappa shape index (κ1) is 12.6. The summed E-state index contributed by atoms with van der Waals surface area (Å²) < 4.78 is 26.0. The van der Waals surface area contributed by atoms with Gasteiger partial charge in [-0.05, 0) is 43.7 Å². The van der Waals surface area contributed by atoms with E-state index in [2.05, 4.69) is 5.32 Å². The molecule has 2 aromatic rings. The van der Waals surface area contributed by atoms with Gasteiger partial charge in [-0.2, -0.15) is 0 Å². The minimum Gasteiger partial charge on any atom is -0.379 e. The van der Waals surface area contributed by atoms with Crippen molar-refractivity contribution in [1.82, 2.24) is 0 Å². The Morgan fingerprint density at radius 2 is 1.61 bits per heavy atom. The van der Waals surface area contributed by atoms with E-state index in [9.17, 15) is 8.78 Å². The van der Waals surface area contributed by atoms with Gasteiger partial charge in [0.15, 0.2) is 11.6 Å². The Hall–Kier alpha value is -1.90. The van der Waals surface area contributed by atoms with Crippen LogP contribution in [0.15, 0.2) is 42.5 Å². The molecule has 2 rings (SSSR count). The third kappa shape index (κ3) is 2.86. The largest absolute Gasteiger partial charge is 0.379 e. The average molecular weight is 247 g/mol. The molecule has 0 fully saturated rings. The molecule has 0 aliphatic rings. The van der Waals surface area contributed by atoms with Gasteiger partial charge in [-0.25, -0.2) is 8.78 Å². The first-order chi connectivity index (χ1) is 8.56. The van der Waals surface area contributed by atoms with E-state index in [1.807, 2.05) is 38.1 Å². The minimum absolute atomic E-state index is 0.0807. The Morgan fingerprint density at radius 3 is 2.22 bits per heavy atom. The molecule has 0 heterocycles. The van der Waals surface area contributed by atoms with Crippen LogP contribution in [0.3, 0.4) is 0 Å². The van der Waals surface area contributed by atoms with Crippen molar-refractivity contribution >= 4 is 5.69 Å². The highest BCUT2D eigenvalue weighted by Crippen LogP contribution is 2.21. The molecule has 1 atom stereocenters. The van der Waals surface area contributed by atoms with Gasteiger partial charge < -0.3 is 5.32 Å². The van der Waals surface area contributed by atoms with Crippen LogP contribution in [0.5, 0.6) is 0 Å². The van der Waals surface area contributed by atoms with Crippen LogP contribution in [0.2, 0.25) is 0 Å². The maximum Gasteiger partial charge on any atom is 0.159 e. The Kier molecular flexibility index (Phi) is 3.60. The highest BCUT2D eigenvalue weighted by Gasteiger charge is 2.08. The lowest BCUT2D eigenvalue weighted by atomic mass is 10.1. The summed E-state index contributed by atoms with van der Waals surface area (Å²) in [6.07, 6.45) is 0. The number of nitrogens with one attached hydrogen (secondary N) is 1. The monoisotopic (exact) mass is 247 g/mol. The minimum atomic E-state index is -0.818. The smallest absolute Gasteiger partial charge is 0.159 e. The summed E-state index contributed by atoms with van der Waals surface area (Å²) in [6.45, 7) is 3.93. The summed E-state index contributed by atoms with van der Waals surface area (Å²) in [6, 6.07) is 11.8. The Bertz CT molecular complexity index is 535. The van der Waals surface area contributed by atoms with Crippen LogP contribution < -0.4 is 5.32 Å². The molecule has 0 aliphatic heterocycles. The van der Waals surface area contributed by atoms with Gasteiger partial charge in [-0.1, -0.05) is 23.8 Å². The van der Waals surface area contributed by atoms with Gasteiger partial charge in [-0.3, -0.25) is 0 Å². The molecule has 1 unspecified atom stereocenters. The molecule has 0 saturated carbocycles. The highest BCUT2D eigenvalue weighted by atomic mass is 19.2. The van der Waals surface area contributed by atoms with E-state index in [0.717, 1.165) is 17.3 Å². The molecule has 0 aliphatic carbocycles. The van der Waals surface area contributed by atoms with Crippen LogP contribution >= 0.6 is 0 Å². The zero-order valence-corrected chi connectivity index (χ0v) is 10.4. The zero-order valence-electron chi connectivity index (χ0n) is 10.4. The molecular weight excluding hydrogens is 232 g/mol. The fourth-order valence-corrected chi connectivity index (χ4v) is 1.76. The number of aryl methyl sites for hydroxylation is 1. The van der Waals surface area contributed by atoms with E-state index in [0.29, 0.717) is 0 Å². The van der Waals surface area contributed by atoms with Crippen molar-refractivity contribution in [3.8, 4) is 0 Å². The Labute approximate surface area is 105 Å². The van der Waals surface area contributed by atoms with Crippen LogP contribution in [-0.2, 0) is 0 Å². The Balaban J connectivity index is 2.13. The van der Waals surface area contributed by atoms with E-state index < -0.39 is 11.6 Å². The second kappa shape index (κ2) is 5.17. The number of hydrogen-bond donors (Lipinski definition) is 1. The van der Waals surface area contributed by atoms with Gasteiger partial charge >= 0.3 is 0 Å². The number of benzene rings is 2. The van der Waals surface area contributed by atoms with E-state index in [4.69, 9.17) is 0 Å². The Morgan fingerprint density at radius 1 is 0.944 bits per heavy atom. The lowest BCUT2D eigenvalue weighted by Crippen LogP contribution is -2.07. The van der Waals surface area contributed by atoms with Crippen LogP contribution in [0.25, 0.3) is 0 Å². The van der Waals surface area contributed by atoms with E-state index in [1.54, 1.807) is 6.07 Å². The molecular formula is C15H15F2N. The molecule has 1 nitrogen and oxygen atoms in total. The average Bonchev–Trinajstić information content (AvgIpc) is 2.35. The van der Waals surface area contributed by atoms with E-state index >= 15 is 0 Å². The summed E-state index contributed by atoms with van der Waals surface area (Å²) in [5.74, 6) is -1.63. The third-order valence-electron chi connectivity index (χ3n) is 2.88. The van der Waals surface area contributed by atoms with Gasteiger partial charge in [0.25, 0.3) is 0 Å². The van der Waals surface area contributed by atoms with Gasteiger partial charge in [0.2, 0.25) is 0 Å². The van der Waals surface area contributed by atoms with Crippen molar-refractivity contribution in [2.45, 2.75) is 19.9 Å². The summed E-state index contributed by atoms with van der Waals surface area (Å²) in [4.78, 5) is 0. The zero-order chi connectivity index (χ0) is 13.1. The molecule has 94 valence electrons. The molecule has 0 spiro atoms. The van der Waals surface area contributed by atoms with Crippen molar-refractivity contribution in [1.29, 1.82) is 0 Å². The fourth-order valence-electron chi connectivity index (χ4n) is 1.76. The molecule has 18 heavy (non-hydrogen) atoms. The van der Waals surface area contributed by atoms with Crippen molar-refractivity contribution < 1.29 is 8.78 Å². The second-order valence-electron chi connectivity index (χ2n) is 4.41. The van der Waals surface area contributed by atoms with Crippen LogP contribution in [0.4, 0.5) is 14.5 Å². The summed E-state index contributed by atoms with van der Waals surface area (Å²) in [7, 11) is 0. The standard InChI is InChI=1S/C15H15F2N/c1-10-3-6-13(7-4-10)18-11(2)12-5-8-14(16)15(17)9-12/h3-9,11,18H,1-2H3. The number of halogens is 2. The predicted octanol–water partition coefficient (Wildman–Crippen LogP) is 4.45. The van der Waals surface area contributed by atoms with Crippen molar-refractivity contribution in [2.24, 2.45) is 0 Å². The lowest BCUT2D eigenvalue weighted by Gasteiger charge is -2.16. The number of rotatable bonds is 3. The van der Waals surface area contributed by atoms with E-state index in [-0.39, 0.29) is 6.04 Å². The van der Waals surface area contributed by atoms with Crippen LogP contribution in [-0.4, -0.2) is 0 Å². The van der Waals surface area contributed by atoms with E-state index in [1.165, 1.54) is 11.6 Å². The SMILES string of the molecule is Cc1ccc(NC(C)c2ccc(F)c(F)c2)cc1. The second-order valence-corrected chi connectivity index (χ2v) is 4.41. The molecule has 3 heteroatoms. The molecule has 0 aromatic heterocycles. The lowest BCUT2D eigenvalue weighted by molar-refractivity contribution is 0.506. The quantitative estimate of drug-likeness (QED) is 0.845. The topological polar surface area (TPSA) is 12.0 Å². The van der Waals surface area contributed by atoms with Crippen molar-refractivity contribution in [3.05, 3.63) is 65.2 Å². The summed E-state index contributed by atoms with van der Waals surface area (Å²) in [5, 5.41) is 3.24. The number of anilines is 1. The third-order valence-corrected chi connectivity index (χ3v) is 2.88. The number of hydrogen-bond acceptors (Lipinski definition) is 1. The normalized spacial score (nSPS) is 12.2. The highest BCUT2D eigenvalue weighted by molar-refractivity contribution is 5.46. The maximum absolute atomic E-state index is 13.1. The summed E-state index contributed by atoms with van der Waals surface area (Å²) >= 11 is 0. The molecule has 2 aromatic carbocycles. The summed E-state index contributed by atoms with van der Waals surface area (Å²) in [5.41, 5.74) is 2.85. The van der Waals surface area contributed by atoms with Crippen LogP contribution in [0.1, 0.15) is 24.1 Å². The van der Waals surface area contributed by atoms with Gasteiger partial charge in [0, 0.05) is 11.7 Å². The van der Waals surface area contributed by atoms with Crippen molar-refractivity contribution in [3.63, 3.8) is 0 Å². The van der Waals surface area contributed by atoms with Crippen LogP contribution in [0, 0.1) is 18.6 Å². The molecule has 0 amide bonds. The predicted molar refractivity (Wildman–Crippen MR) is 69.6 cm³/mol. The first-order valence-electron chi connectivity index (χ1n) is 5.84. The molecule has 1 N–H and O–H groups in total. The molecule has 0 bridgehead atoms. The first-order valence-corrected chi connectivity index (χ1v) is 5.84. The van der Waals surface area contributed by atoms with Gasteiger partial charge in [0.1, 0.15) is 0 Å². The molecule has 0 saturated heterocycles. The van der Waals surface area contributed by atoms with Gasteiger partial charge in [0.05, 0.1) is 0 Å². The van der Waals surface area contributed by atoms with Gasteiger partial charge in [-0.15, -0.1) is 0 Å². The molecule has 0 radical (unpaired) electrons. The maximum atomic E-state index is 13.1.